The average Bonchev–Trinajstić information content (AvgIpc) is 2.01. The van der Waals surface area contributed by atoms with Crippen molar-refractivity contribution in [1.29, 1.82) is 0 Å². The number of nitrogens with two attached hydrogens (primary N) is 1. The molecule has 0 aliphatic carbocycles. The van der Waals surface area contributed by atoms with Gasteiger partial charge in [0.2, 0.25) is 0 Å². The van der Waals surface area contributed by atoms with E-state index in [-0.39, 0.29) is 4.75 Å². The molecule has 5 heteroatoms. The summed E-state index contributed by atoms with van der Waals surface area (Å²) in [5.74, 6) is 0.946. The van der Waals surface area contributed by atoms with Gasteiger partial charge in [0, 0.05) is 4.75 Å². The molecular formula is C9H15N3OS. The number of rotatable bonds is 2. The summed E-state index contributed by atoms with van der Waals surface area (Å²) in [4.78, 5) is 8.01. The molecule has 0 fully saturated rings. The molecular weight excluding hydrogens is 198 g/mol. The first kappa shape index (κ1) is 11.1. The summed E-state index contributed by atoms with van der Waals surface area (Å²) >= 11 is 1.61. The molecule has 1 aromatic rings. The Kier molecular flexibility index (Phi) is 3.21. The zero-order valence-corrected chi connectivity index (χ0v) is 9.68. The van der Waals surface area contributed by atoms with Gasteiger partial charge in [-0.25, -0.2) is 9.97 Å². The number of ether oxygens (including phenoxy) is 1. The lowest BCUT2D eigenvalue weighted by Crippen LogP contribution is -2.09. The van der Waals surface area contributed by atoms with Crippen molar-refractivity contribution < 1.29 is 4.74 Å². The lowest BCUT2D eigenvalue weighted by molar-refractivity contribution is 0.400. The number of methoxy groups -OCH3 is 1. The molecule has 0 radical (unpaired) electrons. The lowest BCUT2D eigenvalue weighted by Gasteiger charge is -2.18. The first-order chi connectivity index (χ1) is 6.44. The summed E-state index contributed by atoms with van der Waals surface area (Å²) in [6.45, 7) is 6.32. The Morgan fingerprint density at radius 1 is 1.36 bits per heavy atom. The molecule has 0 spiro atoms. The van der Waals surface area contributed by atoms with E-state index in [1.807, 2.05) is 0 Å². The summed E-state index contributed by atoms with van der Waals surface area (Å²) in [5.41, 5.74) is 5.66. The van der Waals surface area contributed by atoms with E-state index in [2.05, 4.69) is 30.7 Å². The highest BCUT2D eigenvalue weighted by Gasteiger charge is 2.18. The van der Waals surface area contributed by atoms with Crippen molar-refractivity contribution in [3.05, 3.63) is 6.33 Å². The molecule has 1 heterocycles. The van der Waals surface area contributed by atoms with Gasteiger partial charge in [0.05, 0.1) is 7.11 Å². The predicted molar refractivity (Wildman–Crippen MR) is 58.6 cm³/mol. The molecule has 0 saturated carbocycles. The minimum atomic E-state index is 0.0775. The molecule has 0 atom stereocenters. The van der Waals surface area contributed by atoms with E-state index >= 15 is 0 Å². The number of thioether (sulfide) groups is 1. The molecule has 4 nitrogen and oxygen atoms in total. The van der Waals surface area contributed by atoms with Crippen molar-refractivity contribution in [1.82, 2.24) is 9.97 Å². The molecule has 0 saturated heterocycles. The first-order valence-electron chi connectivity index (χ1n) is 4.27. The van der Waals surface area contributed by atoms with Gasteiger partial charge in [0.25, 0.3) is 0 Å². The summed E-state index contributed by atoms with van der Waals surface area (Å²) in [6, 6.07) is 0. The molecule has 0 unspecified atom stereocenters. The standard InChI is InChI=1S/C9H15N3OS/c1-9(2,3)14-8-6(13-4)7(10)11-5-12-8/h5H,1-4H3,(H2,10,11,12). The molecule has 0 aromatic carbocycles. The van der Waals surface area contributed by atoms with Crippen LogP contribution in [-0.4, -0.2) is 21.8 Å². The Morgan fingerprint density at radius 2 is 2.00 bits per heavy atom. The highest BCUT2D eigenvalue weighted by Crippen LogP contribution is 2.37. The fourth-order valence-electron chi connectivity index (χ4n) is 0.925. The van der Waals surface area contributed by atoms with E-state index in [4.69, 9.17) is 10.5 Å². The van der Waals surface area contributed by atoms with Gasteiger partial charge in [-0.15, -0.1) is 0 Å². The number of nitrogens with zero attached hydrogens (tertiary/aromatic N) is 2. The van der Waals surface area contributed by atoms with Crippen molar-refractivity contribution in [2.75, 3.05) is 12.8 Å². The Hall–Kier alpha value is -0.970. The highest BCUT2D eigenvalue weighted by molar-refractivity contribution is 8.00. The number of hydrogen-bond donors (Lipinski definition) is 1. The van der Waals surface area contributed by atoms with Crippen LogP contribution in [0.1, 0.15) is 20.8 Å². The second-order valence-electron chi connectivity index (χ2n) is 3.81. The van der Waals surface area contributed by atoms with Crippen molar-refractivity contribution >= 4 is 17.6 Å². The van der Waals surface area contributed by atoms with E-state index in [0.717, 1.165) is 5.03 Å². The second kappa shape index (κ2) is 4.04. The Bertz CT molecular complexity index is 322. The third-order valence-electron chi connectivity index (χ3n) is 1.41. The van der Waals surface area contributed by atoms with Gasteiger partial charge in [-0.05, 0) is 0 Å². The third-order valence-corrected chi connectivity index (χ3v) is 2.50. The maximum Gasteiger partial charge on any atom is 0.193 e. The second-order valence-corrected chi connectivity index (χ2v) is 5.63. The molecule has 1 aromatic heterocycles. The van der Waals surface area contributed by atoms with Crippen LogP contribution in [0.2, 0.25) is 0 Å². The topological polar surface area (TPSA) is 61.0 Å². The minimum Gasteiger partial charge on any atom is -0.490 e. The van der Waals surface area contributed by atoms with Crippen LogP contribution >= 0.6 is 11.8 Å². The van der Waals surface area contributed by atoms with Crippen molar-refractivity contribution in [2.24, 2.45) is 0 Å². The van der Waals surface area contributed by atoms with Crippen LogP contribution in [0.5, 0.6) is 5.75 Å². The van der Waals surface area contributed by atoms with Gasteiger partial charge in [0.15, 0.2) is 11.6 Å². The van der Waals surface area contributed by atoms with E-state index in [1.54, 1.807) is 18.9 Å². The van der Waals surface area contributed by atoms with Crippen LogP contribution in [0.25, 0.3) is 0 Å². The van der Waals surface area contributed by atoms with Gasteiger partial charge < -0.3 is 10.5 Å². The molecule has 0 amide bonds. The zero-order valence-electron chi connectivity index (χ0n) is 8.87. The van der Waals surface area contributed by atoms with Gasteiger partial charge in [-0.2, -0.15) is 0 Å². The zero-order chi connectivity index (χ0) is 10.8. The van der Waals surface area contributed by atoms with E-state index in [0.29, 0.717) is 11.6 Å². The fraction of sp³-hybridized carbons (Fsp3) is 0.556. The smallest absolute Gasteiger partial charge is 0.193 e. The molecule has 0 aliphatic rings. The first-order valence-corrected chi connectivity index (χ1v) is 5.09. The predicted octanol–water partition coefficient (Wildman–Crippen LogP) is 1.96. The maximum atomic E-state index is 5.66. The van der Waals surface area contributed by atoms with Crippen molar-refractivity contribution in [3.8, 4) is 5.75 Å². The lowest BCUT2D eigenvalue weighted by atomic mass is 10.3. The Morgan fingerprint density at radius 3 is 2.50 bits per heavy atom. The van der Waals surface area contributed by atoms with Crippen LogP contribution in [0, 0.1) is 0 Å². The summed E-state index contributed by atoms with van der Waals surface area (Å²) in [5, 5.41) is 0.785. The van der Waals surface area contributed by atoms with Crippen molar-refractivity contribution in [3.63, 3.8) is 0 Å². The summed E-state index contributed by atoms with van der Waals surface area (Å²) in [7, 11) is 1.57. The molecule has 2 N–H and O–H groups in total. The van der Waals surface area contributed by atoms with Crippen LogP contribution in [0.3, 0.4) is 0 Å². The van der Waals surface area contributed by atoms with Crippen LogP contribution in [-0.2, 0) is 0 Å². The fourth-order valence-corrected chi connectivity index (χ4v) is 1.89. The molecule has 78 valence electrons. The average molecular weight is 213 g/mol. The van der Waals surface area contributed by atoms with Gasteiger partial charge in [-0.3, -0.25) is 0 Å². The molecule has 1 rings (SSSR count). The maximum absolute atomic E-state index is 5.66. The SMILES string of the molecule is COc1c(N)ncnc1SC(C)(C)C. The van der Waals surface area contributed by atoms with E-state index in [9.17, 15) is 0 Å². The van der Waals surface area contributed by atoms with Crippen LogP contribution < -0.4 is 10.5 Å². The molecule has 0 aliphatic heterocycles. The van der Waals surface area contributed by atoms with Crippen LogP contribution in [0.4, 0.5) is 5.82 Å². The van der Waals surface area contributed by atoms with E-state index < -0.39 is 0 Å². The number of anilines is 1. The van der Waals surface area contributed by atoms with Gasteiger partial charge >= 0.3 is 0 Å². The summed E-state index contributed by atoms with van der Waals surface area (Å²) in [6.07, 6.45) is 1.45. The number of aromatic nitrogens is 2. The van der Waals surface area contributed by atoms with Crippen molar-refractivity contribution in [2.45, 2.75) is 30.5 Å². The van der Waals surface area contributed by atoms with Crippen LogP contribution in [0.15, 0.2) is 11.4 Å². The largest absolute Gasteiger partial charge is 0.490 e. The Balaban J connectivity index is 3.02. The number of nitrogen functional groups attached to an aromatic ring is 1. The minimum absolute atomic E-state index is 0.0775. The van der Waals surface area contributed by atoms with Gasteiger partial charge in [0.1, 0.15) is 11.4 Å². The Labute approximate surface area is 88.3 Å². The normalized spacial score (nSPS) is 11.4. The quantitative estimate of drug-likeness (QED) is 0.601. The van der Waals surface area contributed by atoms with Gasteiger partial charge in [-0.1, -0.05) is 32.5 Å². The molecule has 0 bridgehead atoms. The summed E-state index contributed by atoms with van der Waals surface area (Å²) < 4.78 is 5.23. The third kappa shape index (κ3) is 2.77. The molecule has 14 heavy (non-hydrogen) atoms. The highest BCUT2D eigenvalue weighted by atomic mass is 32.2. The monoisotopic (exact) mass is 213 g/mol. The van der Waals surface area contributed by atoms with E-state index in [1.165, 1.54) is 6.33 Å². The number of hydrogen-bond acceptors (Lipinski definition) is 5.